The number of fused-ring (bicyclic) bond motifs is 3. The number of nitrogens with one attached hydrogen (secondary N) is 1. The molecule has 7 heteroatoms. The number of rotatable bonds is 5. The second kappa shape index (κ2) is 7.68. The van der Waals surface area contributed by atoms with Crippen molar-refractivity contribution in [2.24, 2.45) is 7.05 Å². The second-order valence-electron chi connectivity index (χ2n) is 6.90. The number of nitrogens with zero attached hydrogens (tertiary/aromatic N) is 4. The summed E-state index contributed by atoms with van der Waals surface area (Å²) >= 11 is 1.71. The molecule has 0 saturated carbocycles. The molecule has 3 aromatic carbocycles. The quantitative estimate of drug-likeness (QED) is 0.464. The van der Waals surface area contributed by atoms with Crippen molar-refractivity contribution in [1.82, 2.24) is 19.2 Å². The average Bonchev–Trinajstić information content (AvgIpc) is 3.22. The van der Waals surface area contributed by atoms with E-state index in [0.29, 0.717) is 17.7 Å². The van der Waals surface area contributed by atoms with Gasteiger partial charge in [0.05, 0.1) is 17.4 Å². The van der Waals surface area contributed by atoms with Crippen molar-refractivity contribution < 1.29 is 0 Å². The summed E-state index contributed by atoms with van der Waals surface area (Å²) in [6, 6.07) is 26.0. The van der Waals surface area contributed by atoms with Gasteiger partial charge in [0, 0.05) is 22.5 Å². The highest BCUT2D eigenvalue weighted by molar-refractivity contribution is 7.99. The maximum Gasteiger partial charge on any atom is 0.262 e. The third kappa shape index (κ3) is 3.23. The molecule has 0 aliphatic carbocycles. The van der Waals surface area contributed by atoms with Crippen LogP contribution in [-0.2, 0) is 13.6 Å². The highest BCUT2D eigenvalue weighted by Crippen LogP contribution is 2.33. The van der Waals surface area contributed by atoms with E-state index < -0.39 is 0 Å². The van der Waals surface area contributed by atoms with Crippen LogP contribution in [0.4, 0.5) is 5.69 Å². The van der Waals surface area contributed by atoms with Crippen molar-refractivity contribution in [2.45, 2.75) is 16.3 Å². The summed E-state index contributed by atoms with van der Waals surface area (Å²) in [7, 11) is 1.72. The summed E-state index contributed by atoms with van der Waals surface area (Å²) in [5.74, 6) is 1.28. The molecule has 148 valence electrons. The first kappa shape index (κ1) is 18.4. The molecular formula is C23H19N5OS. The number of hydrogen-bond donors (Lipinski definition) is 1. The van der Waals surface area contributed by atoms with Gasteiger partial charge in [-0.1, -0.05) is 54.2 Å². The summed E-state index contributed by atoms with van der Waals surface area (Å²) in [6.45, 7) is 0.482. The highest BCUT2D eigenvalue weighted by Gasteiger charge is 2.14. The molecule has 0 fully saturated rings. The first-order valence-corrected chi connectivity index (χ1v) is 10.4. The number of aromatic nitrogens is 4. The predicted molar refractivity (Wildman–Crippen MR) is 120 cm³/mol. The summed E-state index contributed by atoms with van der Waals surface area (Å²) in [5, 5.41) is 12.8. The van der Waals surface area contributed by atoms with E-state index in [0.717, 1.165) is 21.9 Å². The lowest BCUT2D eigenvalue weighted by Crippen LogP contribution is -2.20. The fourth-order valence-corrected chi connectivity index (χ4v) is 4.44. The Kier molecular flexibility index (Phi) is 4.72. The summed E-state index contributed by atoms with van der Waals surface area (Å²) < 4.78 is 3.48. The van der Waals surface area contributed by atoms with Crippen LogP contribution in [0, 0.1) is 0 Å². The zero-order valence-corrected chi connectivity index (χ0v) is 17.1. The van der Waals surface area contributed by atoms with Crippen molar-refractivity contribution in [3.05, 3.63) is 95.0 Å². The van der Waals surface area contributed by atoms with Gasteiger partial charge in [-0.3, -0.25) is 13.8 Å². The van der Waals surface area contributed by atoms with Crippen molar-refractivity contribution >= 4 is 34.1 Å². The van der Waals surface area contributed by atoms with Gasteiger partial charge in [-0.2, -0.15) is 0 Å². The average molecular weight is 414 g/mol. The van der Waals surface area contributed by atoms with Crippen LogP contribution in [0.15, 0.2) is 93.4 Å². The molecule has 0 radical (unpaired) electrons. The van der Waals surface area contributed by atoms with E-state index in [9.17, 15) is 4.79 Å². The molecule has 0 spiro atoms. The Morgan fingerprint density at radius 2 is 1.63 bits per heavy atom. The normalized spacial score (nSPS) is 11.2. The molecule has 2 aromatic heterocycles. The van der Waals surface area contributed by atoms with Crippen molar-refractivity contribution in [1.29, 1.82) is 0 Å². The van der Waals surface area contributed by atoms with Crippen molar-refractivity contribution in [2.75, 3.05) is 5.32 Å². The van der Waals surface area contributed by atoms with Gasteiger partial charge in [-0.15, -0.1) is 10.2 Å². The van der Waals surface area contributed by atoms with E-state index in [1.165, 1.54) is 9.46 Å². The van der Waals surface area contributed by atoms with Gasteiger partial charge in [0.15, 0.2) is 5.82 Å². The Morgan fingerprint density at radius 1 is 0.900 bits per heavy atom. The Hall–Kier alpha value is -3.58. The van der Waals surface area contributed by atoms with Crippen LogP contribution in [0.25, 0.3) is 16.7 Å². The van der Waals surface area contributed by atoms with E-state index in [2.05, 4.69) is 39.8 Å². The minimum Gasteiger partial charge on any atom is -0.377 e. The van der Waals surface area contributed by atoms with Crippen LogP contribution < -0.4 is 10.9 Å². The molecule has 0 bridgehead atoms. The fraction of sp³-hybridized carbons (Fsp3) is 0.0870. The van der Waals surface area contributed by atoms with Crippen LogP contribution in [0.2, 0.25) is 0 Å². The molecule has 5 aromatic rings. The van der Waals surface area contributed by atoms with Crippen LogP contribution in [0.1, 0.15) is 5.82 Å². The smallest absolute Gasteiger partial charge is 0.262 e. The Morgan fingerprint density at radius 3 is 2.50 bits per heavy atom. The summed E-state index contributed by atoms with van der Waals surface area (Å²) in [6.07, 6.45) is 0. The van der Waals surface area contributed by atoms with E-state index in [4.69, 9.17) is 0 Å². The third-order valence-electron chi connectivity index (χ3n) is 4.99. The number of aryl methyl sites for hydroxylation is 1. The lowest BCUT2D eigenvalue weighted by atomic mass is 10.2. The molecule has 0 aliphatic heterocycles. The Balaban J connectivity index is 1.51. The van der Waals surface area contributed by atoms with Gasteiger partial charge in [0.2, 0.25) is 5.78 Å². The topological polar surface area (TPSA) is 64.2 Å². The van der Waals surface area contributed by atoms with E-state index in [1.807, 2.05) is 59.0 Å². The van der Waals surface area contributed by atoms with E-state index >= 15 is 0 Å². The minimum atomic E-state index is -0.0744. The molecule has 0 saturated heterocycles. The maximum absolute atomic E-state index is 12.6. The van der Waals surface area contributed by atoms with Crippen LogP contribution in [-0.4, -0.2) is 19.2 Å². The number of anilines is 1. The van der Waals surface area contributed by atoms with Gasteiger partial charge < -0.3 is 5.32 Å². The third-order valence-corrected chi connectivity index (χ3v) is 6.07. The molecule has 1 N–H and O–H groups in total. The summed E-state index contributed by atoms with van der Waals surface area (Å²) in [5.41, 5.74) is 1.76. The monoisotopic (exact) mass is 413 g/mol. The highest BCUT2D eigenvalue weighted by atomic mass is 32.2. The lowest BCUT2D eigenvalue weighted by molar-refractivity contribution is 0.855. The maximum atomic E-state index is 12.6. The number of benzene rings is 3. The number of hydrogen-bond acceptors (Lipinski definition) is 5. The van der Waals surface area contributed by atoms with Gasteiger partial charge in [-0.05, 0) is 36.4 Å². The molecule has 30 heavy (non-hydrogen) atoms. The Bertz CT molecular complexity index is 1410. The minimum absolute atomic E-state index is 0.0744. The molecule has 0 amide bonds. The fourth-order valence-electron chi connectivity index (χ4n) is 3.50. The van der Waals surface area contributed by atoms with Crippen LogP contribution in [0.5, 0.6) is 0 Å². The molecule has 0 atom stereocenters. The van der Waals surface area contributed by atoms with Gasteiger partial charge >= 0.3 is 0 Å². The van der Waals surface area contributed by atoms with Crippen LogP contribution in [0.3, 0.4) is 0 Å². The van der Waals surface area contributed by atoms with Crippen LogP contribution >= 0.6 is 11.8 Å². The first-order chi connectivity index (χ1) is 14.7. The van der Waals surface area contributed by atoms with Crippen molar-refractivity contribution in [3.63, 3.8) is 0 Å². The SMILES string of the molecule is Cn1c(=O)c2ccccc2n2c(CNc3ccccc3Sc3ccccc3)nnc12. The van der Waals surface area contributed by atoms with Gasteiger partial charge in [-0.25, -0.2) is 0 Å². The van der Waals surface area contributed by atoms with Gasteiger partial charge in [0.1, 0.15) is 0 Å². The molecule has 6 nitrogen and oxygen atoms in total. The predicted octanol–water partition coefficient (Wildman–Crippen LogP) is 4.34. The molecular weight excluding hydrogens is 394 g/mol. The Labute approximate surface area is 177 Å². The zero-order valence-electron chi connectivity index (χ0n) is 16.3. The van der Waals surface area contributed by atoms with Crippen molar-refractivity contribution in [3.8, 4) is 0 Å². The first-order valence-electron chi connectivity index (χ1n) is 9.60. The largest absolute Gasteiger partial charge is 0.377 e. The summed E-state index contributed by atoms with van der Waals surface area (Å²) in [4.78, 5) is 14.9. The van der Waals surface area contributed by atoms with E-state index in [-0.39, 0.29) is 5.56 Å². The second-order valence-corrected chi connectivity index (χ2v) is 8.01. The molecule has 5 rings (SSSR count). The molecule has 0 unspecified atom stereocenters. The zero-order chi connectivity index (χ0) is 20.5. The van der Waals surface area contributed by atoms with E-state index in [1.54, 1.807) is 18.8 Å². The molecule has 2 heterocycles. The lowest BCUT2D eigenvalue weighted by Gasteiger charge is -2.12. The standard InChI is InChI=1S/C23H19N5OS/c1-27-22(29)17-11-5-7-13-19(17)28-21(25-26-23(27)28)15-24-18-12-6-8-14-20(18)30-16-9-3-2-4-10-16/h2-14,24H,15H2,1H3. The van der Waals surface area contributed by atoms with Gasteiger partial charge in [0.25, 0.3) is 5.56 Å². The molecule has 0 aliphatic rings. The number of para-hydroxylation sites is 2.